The lowest BCUT2D eigenvalue weighted by Gasteiger charge is -2.17. The molecule has 1 saturated heterocycles. The van der Waals surface area contributed by atoms with Gasteiger partial charge in [-0.3, -0.25) is 9.59 Å². The summed E-state index contributed by atoms with van der Waals surface area (Å²) in [5, 5.41) is 2.68. The van der Waals surface area contributed by atoms with Crippen LogP contribution in [-0.2, 0) is 14.3 Å². The second kappa shape index (κ2) is 5.64. The van der Waals surface area contributed by atoms with Gasteiger partial charge in [0.15, 0.2) is 0 Å². The molecule has 1 aliphatic rings. The molecule has 1 aromatic rings. The first-order valence-corrected chi connectivity index (χ1v) is 5.91. The lowest BCUT2D eigenvalue weighted by atomic mass is 10.0. The molecule has 0 bridgehead atoms. The van der Waals surface area contributed by atoms with Gasteiger partial charge in [0.05, 0.1) is 12.5 Å². The van der Waals surface area contributed by atoms with E-state index in [1.165, 1.54) is 0 Å². The van der Waals surface area contributed by atoms with E-state index in [-0.39, 0.29) is 11.8 Å². The second-order valence-electron chi connectivity index (χ2n) is 4.32. The van der Waals surface area contributed by atoms with Gasteiger partial charge in [-0.2, -0.15) is 0 Å². The second-order valence-corrected chi connectivity index (χ2v) is 4.32. The summed E-state index contributed by atoms with van der Waals surface area (Å²) in [4.78, 5) is 23.4. The molecule has 2 amide bonds. The molecular formula is C13H16N2O3. The number of nitrogens with one attached hydrogen (secondary N) is 1. The monoisotopic (exact) mass is 248 g/mol. The Morgan fingerprint density at radius 2 is 2.06 bits per heavy atom. The molecule has 0 aromatic heterocycles. The van der Waals surface area contributed by atoms with Crippen LogP contribution in [0, 0.1) is 5.92 Å². The quantitative estimate of drug-likeness (QED) is 0.807. The highest BCUT2D eigenvalue weighted by molar-refractivity contribution is 5.88. The van der Waals surface area contributed by atoms with Crippen molar-refractivity contribution in [1.29, 1.82) is 0 Å². The number of ether oxygens (including phenoxy) is 1. The average Bonchev–Trinajstić information content (AvgIpc) is 2.90. The largest absolute Gasteiger partial charge is 0.381 e. The maximum Gasteiger partial charge on any atom is 0.244 e. The number of carbonyl (C=O) groups excluding carboxylic acids is 2. The molecule has 96 valence electrons. The zero-order valence-electron chi connectivity index (χ0n) is 9.96. The summed E-state index contributed by atoms with van der Waals surface area (Å²) in [7, 11) is 0. The first-order chi connectivity index (χ1) is 8.68. The Morgan fingerprint density at radius 3 is 2.61 bits per heavy atom. The van der Waals surface area contributed by atoms with Crippen molar-refractivity contribution in [1.82, 2.24) is 5.32 Å². The molecule has 0 spiro atoms. The molecule has 3 N–H and O–H groups in total. The Labute approximate surface area is 105 Å². The fourth-order valence-corrected chi connectivity index (χ4v) is 1.97. The van der Waals surface area contributed by atoms with Crippen LogP contribution < -0.4 is 11.1 Å². The molecule has 5 nitrogen and oxygen atoms in total. The number of hydrogen-bond acceptors (Lipinski definition) is 3. The Bertz CT molecular complexity index is 427. The Morgan fingerprint density at radius 1 is 1.33 bits per heavy atom. The number of nitrogens with two attached hydrogens (primary N) is 1. The highest BCUT2D eigenvalue weighted by Crippen LogP contribution is 2.16. The van der Waals surface area contributed by atoms with Crippen molar-refractivity contribution in [3.8, 4) is 0 Å². The minimum Gasteiger partial charge on any atom is -0.381 e. The number of benzene rings is 1. The minimum atomic E-state index is -0.778. The van der Waals surface area contributed by atoms with Gasteiger partial charge in [0.2, 0.25) is 11.8 Å². The highest BCUT2D eigenvalue weighted by Gasteiger charge is 2.27. The summed E-state index contributed by atoms with van der Waals surface area (Å²) in [6.45, 7) is 0.997. The summed E-state index contributed by atoms with van der Waals surface area (Å²) in [6, 6.07) is 8.20. The smallest absolute Gasteiger partial charge is 0.244 e. The number of rotatable bonds is 4. The summed E-state index contributed by atoms with van der Waals surface area (Å²) >= 11 is 0. The van der Waals surface area contributed by atoms with Gasteiger partial charge in [-0.05, 0) is 12.0 Å². The topological polar surface area (TPSA) is 81.4 Å². The standard InChI is InChI=1S/C13H16N2O3/c14-12(16)11(9-4-2-1-3-5-9)15-13(17)10-6-7-18-8-10/h1-5,10-11H,6-8H2,(H2,14,16)(H,15,17). The molecule has 1 aliphatic heterocycles. The van der Waals surface area contributed by atoms with E-state index >= 15 is 0 Å². The molecule has 18 heavy (non-hydrogen) atoms. The predicted molar refractivity (Wildman–Crippen MR) is 65.4 cm³/mol. The minimum absolute atomic E-state index is 0.180. The van der Waals surface area contributed by atoms with Crippen molar-refractivity contribution in [2.45, 2.75) is 12.5 Å². The van der Waals surface area contributed by atoms with Gasteiger partial charge in [0, 0.05) is 6.61 Å². The van der Waals surface area contributed by atoms with Crippen LogP contribution in [-0.4, -0.2) is 25.0 Å². The Kier molecular flexibility index (Phi) is 3.94. The molecule has 0 radical (unpaired) electrons. The number of primary amides is 1. The van der Waals surface area contributed by atoms with Gasteiger partial charge in [0.1, 0.15) is 6.04 Å². The van der Waals surface area contributed by atoms with E-state index in [1.54, 1.807) is 24.3 Å². The Balaban J connectivity index is 2.07. The van der Waals surface area contributed by atoms with Crippen LogP contribution in [0.3, 0.4) is 0 Å². The molecule has 0 saturated carbocycles. The van der Waals surface area contributed by atoms with Crippen molar-refractivity contribution in [3.63, 3.8) is 0 Å². The highest BCUT2D eigenvalue weighted by atomic mass is 16.5. The molecule has 2 unspecified atom stereocenters. The van der Waals surface area contributed by atoms with Crippen LogP contribution in [0.2, 0.25) is 0 Å². The van der Waals surface area contributed by atoms with Crippen LogP contribution in [0.25, 0.3) is 0 Å². The van der Waals surface area contributed by atoms with Crippen LogP contribution >= 0.6 is 0 Å². The van der Waals surface area contributed by atoms with E-state index in [1.807, 2.05) is 6.07 Å². The van der Waals surface area contributed by atoms with Gasteiger partial charge in [-0.25, -0.2) is 0 Å². The lowest BCUT2D eigenvalue weighted by Crippen LogP contribution is -2.40. The van der Waals surface area contributed by atoms with Crippen molar-refractivity contribution in [2.24, 2.45) is 11.7 Å². The molecule has 5 heteroatoms. The summed E-state index contributed by atoms with van der Waals surface area (Å²) in [5.74, 6) is -0.927. The summed E-state index contributed by atoms with van der Waals surface area (Å²) in [6.07, 6.45) is 0.687. The normalized spacial score (nSPS) is 20.3. The molecule has 1 aromatic carbocycles. The maximum absolute atomic E-state index is 11.9. The van der Waals surface area contributed by atoms with Gasteiger partial charge in [0.25, 0.3) is 0 Å². The first kappa shape index (κ1) is 12.6. The first-order valence-electron chi connectivity index (χ1n) is 5.91. The third kappa shape index (κ3) is 2.87. The van der Waals surface area contributed by atoms with Gasteiger partial charge < -0.3 is 15.8 Å². The fraction of sp³-hybridized carbons (Fsp3) is 0.385. The van der Waals surface area contributed by atoms with Crippen molar-refractivity contribution in [3.05, 3.63) is 35.9 Å². The predicted octanol–water partition coefficient (Wildman–Crippen LogP) is 0.366. The van der Waals surface area contributed by atoms with E-state index in [9.17, 15) is 9.59 Å². The van der Waals surface area contributed by atoms with Crippen molar-refractivity contribution < 1.29 is 14.3 Å². The fourth-order valence-electron chi connectivity index (χ4n) is 1.97. The number of hydrogen-bond donors (Lipinski definition) is 2. The molecular weight excluding hydrogens is 232 g/mol. The van der Waals surface area contributed by atoms with E-state index in [2.05, 4.69) is 5.32 Å². The summed E-state index contributed by atoms with van der Waals surface area (Å²) in [5.41, 5.74) is 6.02. The molecule has 0 aliphatic carbocycles. The van der Waals surface area contributed by atoms with Crippen LogP contribution in [0.4, 0.5) is 0 Å². The molecule has 1 fully saturated rings. The SMILES string of the molecule is NC(=O)C(NC(=O)C1CCOC1)c1ccccc1. The average molecular weight is 248 g/mol. The van der Waals surface area contributed by atoms with Crippen molar-refractivity contribution in [2.75, 3.05) is 13.2 Å². The number of amides is 2. The molecule has 2 rings (SSSR count). The summed E-state index contributed by atoms with van der Waals surface area (Å²) < 4.78 is 5.15. The van der Waals surface area contributed by atoms with Crippen LogP contribution in [0.15, 0.2) is 30.3 Å². The van der Waals surface area contributed by atoms with E-state index in [0.29, 0.717) is 25.2 Å². The van der Waals surface area contributed by atoms with E-state index in [4.69, 9.17) is 10.5 Å². The molecule has 2 atom stereocenters. The zero-order chi connectivity index (χ0) is 13.0. The lowest BCUT2D eigenvalue weighted by molar-refractivity contribution is -0.130. The van der Waals surface area contributed by atoms with E-state index < -0.39 is 11.9 Å². The number of carbonyl (C=O) groups is 2. The van der Waals surface area contributed by atoms with Gasteiger partial charge in [-0.1, -0.05) is 30.3 Å². The third-order valence-corrected chi connectivity index (χ3v) is 3.00. The zero-order valence-corrected chi connectivity index (χ0v) is 9.96. The van der Waals surface area contributed by atoms with Crippen molar-refractivity contribution >= 4 is 11.8 Å². The van der Waals surface area contributed by atoms with Gasteiger partial charge in [-0.15, -0.1) is 0 Å². The van der Waals surface area contributed by atoms with Crippen LogP contribution in [0.1, 0.15) is 18.0 Å². The van der Waals surface area contributed by atoms with Gasteiger partial charge >= 0.3 is 0 Å². The van der Waals surface area contributed by atoms with Crippen LogP contribution in [0.5, 0.6) is 0 Å². The van der Waals surface area contributed by atoms with E-state index in [0.717, 1.165) is 0 Å². The molecule has 1 heterocycles. The Hall–Kier alpha value is -1.88. The third-order valence-electron chi connectivity index (χ3n) is 3.00. The maximum atomic E-state index is 11.9.